The molecule has 1 rings (SSSR count). The van der Waals surface area contributed by atoms with Crippen LogP contribution in [0.15, 0.2) is 0 Å². The molecule has 0 bridgehead atoms. The predicted molar refractivity (Wildman–Crippen MR) is 89.9 cm³/mol. The minimum Gasteiger partial charge on any atom is -0.480 e. The van der Waals surface area contributed by atoms with Crippen molar-refractivity contribution in [2.75, 3.05) is 6.61 Å². The van der Waals surface area contributed by atoms with Crippen LogP contribution in [0.3, 0.4) is 0 Å². The number of carbonyl (C=O) groups excluding carboxylic acids is 1. The molecule has 12 N–H and O–H groups in total. The van der Waals surface area contributed by atoms with Crippen molar-refractivity contribution in [2.45, 2.75) is 54.5 Å². The highest BCUT2D eigenvalue weighted by Gasteiger charge is 2.36. The van der Waals surface area contributed by atoms with Crippen molar-refractivity contribution >= 4 is 23.8 Å². The lowest BCUT2D eigenvalue weighted by Crippen LogP contribution is -2.57. The molecule has 7 atom stereocenters. The summed E-state index contributed by atoms with van der Waals surface area (Å²) in [4.78, 5) is 23.1. The topological polar surface area (TPSA) is 215 Å². The number of carboxylic acid groups (broad SMARTS) is 1. The first-order chi connectivity index (χ1) is 11.6. The fourth-order valence-corrected chi connectivity index (χ4v) is 3.39. The molecule has 12 nitrogen and oxygen atoms in total. The van der Waals surface area contributed by atoms with Gasteiger partial charge < -0.3 is 42.5 Å². The number of aliphatic carboxylic acids is 1. The molecule has 25 heavy (non-hydrogen) atoms. The second-order valence-corrected chi connectivity index (χ2v) is 6.98. The maximum Gasteiger partial charge on any atom is 0.328 e. The number of nitrogens with one attached hydrogen (secondary N) is 4. The van der Waals surface area contributed by atoms with Gasteiger partial charge in [-0.15, -0.1) is 11.8 Å². The van der Waals surface area contributed by atoms with E-state index in [1.807, 2.05) is 0 Å². The Labute approximate surface area is 148 Å². The van der Waals surface area contributed by atoms with Crippen LogP contribution in [0.2, 0.25) is 0 Å². The molecule has 0 spiro atoms. The zero-order valence-corrected chi connectivity index (χ0v) is 14.4. The van der Waals surface area contributed by atoms with Crippen molar-refractivity contribution in [1.29, 1.82) is 0 Å². The summed E-state index contributed by atoms with van der Waals surface area (Å²) in [6, 6.07) is -3.55. The van der Waals surface area contributed by atoms with Gasteiger partial charge in [0.05, 0.1) is 35.5 Å². The smallest absolute Gasteiger partial charge is 0.328 e. The van der Waals surface area contributed by atoms with E-state index in [1.54, 1.807) is 0 Å². The van der Waals surface area contributed by atoms with E-state index in [9.17, 15) is 19.8 Å². The van der Waals surface area contributed by atoms with E-state index >= 15 is 0 Å². The molecule has 2 amide bonds. The lowest BCUT2D eigenvalue weighted by atomic mass is 10.1. The van der Waals surface area contributed by atoms with Gasteiger partial charge in [-0.2, -0.15) is 0 Å². The van der Waals surface area contributed by atoms with E-state index in [2.05, 4.69) is 21.5 Å². The third-order valence-electron chi connectivity index (χ3n) is 3.47. The summed E-state index contributed by atoms with van der Waals surface area (Å²) in [5, 5.41) is 40.8. The molecule has 0 aromatic rings. The van der Waals surface area contributed by atoms with Gasteiger partial charge >= 0.3 is 12.0 Å². The molecular weight excluding hydrogens is 356 g/mol. The molecule has 146 valence electrons. The highest BCUT2D eigenvalue weighted by Crippen LogP contribution is 2.25. The summed E-state index contributed by atoms with van der Waals surface area (Å²) in [6.45, 7) is 0.991. The Morgan fingerprint density at radius 1 is 1.20 bits per heavy atom. The third-order valence-corrected chi connectivity index (χ3v) is 4.97. The molecule has 4 unspecified atom stereocenters. The molecule has 1 aliphatic heterocycles. The summed E-state index contributed by atoms with van der Waals surface area (Å²) in [5.41, 5.74) is 16.9. The Hall–Kier alpha value is -1.19. The quantitative estimate of drug-likeness (QED) is 0.173. The van der Waals surface area contributed by atoms with Crippen molar-refractivity contribution in [2.24, 2.45) is 11.5 Å². The first kappa shape index (κ1) is 21.9. The molecule has 0 aromatic heterocycles. The van der Waals surface area contributed by atoms with Crippen molar-refractivity contribution in [3.63, 3.8) is 0 Å². The highest BCUT2D eigenvalue weighted by molar-refractivity contribution is 8.00. The highest BCUT2D eigenvalue weighted by atomic mass is 32.2. The van der Waals surface area contributed by atoms with Crippen LogP contribution in [-0.2, 0) is 4.79 Å². The molecular formula is C12H26N6O6S. The Morgan fingerprint density at radius 3 is 2.28 bits per heavy atom. The molecule has 0 saturated carbocycles. The van der Waals surface area contributed by atoms with Gasteiger partial charge in [0.15, 0.2) is 6.04 Å². The standard InChI is InChI=1S/C12H26N6O6S/c1-4(20)8(11(22)23)16-12(24)15-6(2-7(14)21)10-18-17-9(25-10)5(13)3-19/h4-10,17-21H,2-3,13-14H2,1H3,(H,22,23)(H2,15,16,24)/t4?,5-,6-,7?,8-,9?,10?/m0/s1. The van der Waals surface area contributed by atoms with Crippen molar-refractivity contribution < 1.29 is 30.0 Å². The van der Waals surface area contributed by atoms with Gasteiger partial charge in [0.1, 0.15) is 6.23 Å². The molecule has 0 radical (unpaired) electrons. The first-order valence-electron chi connectivity index (χ1n) is 7.60. The minimum absolute atomic E-state index is 0.0206. The largest absolute Gasteiger partial charge is 0.480 e. The summed E-state index contributed by atoms with van der Waals surface area (Å²) < 4.78 is 0. The summed E-state index contributed by atoms with van der Waals surface area (Å²) >= 11 is 1.28. The summed E-state index contributed by atoms with van der Waals surface area (Å²) in [7, 11) is 0. The Balaban J connectivity index is 2.70. The average molecular weight is 382 g/mol. The zero-order valence-electron chi connectivity index (χ0n) is 13.6. The van der Waals surface area contributed by atoms with Crippen LogP contribution in [0, 0.1) is 0 Å². The van der Waals surface area contributed by atoms with E-state index in [1.165, 1.54) is 18.7 Å². The number of amides is 2. The molecule has 1 aliphatic rings. The molecule has 0 aromatic carbocycles. The number of carbonyl (C=O) groups is 2. The van der Waals surface area contributed by atoms with Gasteiger partial charge in [0.25, 0.3) is 0 Å². The van der Waals surface area contributed by atoms with Gasteiger partial charge in [-0.25, -0.2) is 20.4 Å². The Bertz CT molecular complexity index is 456. The number of aliphatic hydroxyl groups excluding tert-OH is 3. The van der Waals surface area contributed by atoms with E-state index in [0.29, 0.717) is 0 Å². The fourth-order valence-electron chi connectivity index (χ4n) is 2.15. The van der Waals surface area contributed by atoms with E-state index in [4.69, 9.17) is 21.7 Å². The number of hydrogen-bond acceptors (Lipinski definition) is 10. The number of carboxylic acids is 1. The molecule has 1 fully saturated rings. The third kappa shape index (κ3) is 6.91. The number of urea groups is 1. The van der Waals surface area contributed by atoms with Crippen LogP contribution >= 0.6 is 11.8 Å². The monoisotopic (exact) mass is 382 g/mol. The second kappa shape index (κ2) is 10.1. The Kier molecular flexibility index (Phi) is 8.81. The lowest BCUT2D eigenvalue weighted by Gasteiger charge is -2.26. The van der Waals surface area contributed by atoms with Crippen LogP contribution in [0.4, 0.5) is 4.79 Å². The number of nitrogens with two attached hydrogens (primary N) is 2. The van der Waals surface area contributed by atoms with Crippen LogP contribution < -0.4 is 33.0 Å². The number of aliphatic hydroxyl groups is 3. The van der Waals surface area contributed by atoms with Crippen LogP contribution in [0.1, 0.15) is 13.3 Å². The molecule has 1 saturated heterocycles. The average Bonchev–Trinajstić information content (AvgIpc) is 3.00. The zero-order chi connectivity index (χ0) is 19.1. The SMILES string of the molecule is CC(O)[C@H](NC(=O)N[C@@H](CC(N)O)C1NNC([C@@H](N)CO)S1)C(=O)O. The van der Waals surface area contributed by atoms with Gasteiger partial charge in [0.2, 0.25) is 0 Å². The normalized spacial score (nSPS) is 26.3. The van der Waals surface area contributed by atoms with Crippen molar-refractivity contribution in [3.05, 3.63) is 0 Å². The minimum atomic E-state index is -1.48. The molecule has 13 heteroatoms. The maximum absolute atomic E-state index is 12.0. The number of thioether (sulfide) groups is 1. The Morgan fingerprint density at radius 2 is 1.80 bits per heavy atom. The van der Waals surface area contributed by atoms with Crippen LogP contribution in [0.25, 0.3) is 0 Å². The van der Waals surface area contributed by atoms with Crippen LogP contribution in [-0.4, -0.2) is 80.2 Å². The predicted octanol–water partition coefficient (Wildman–Crippen LogP) is -4.03. The van der Waals surface area contributed by atoms with Gasteiger partial charge in [-0.05, 0) is 6.92 Å². The van der Waals surface area contributed by atoms with Crippen LogP contribution in [0.5, 0.6) is 0 Å². The number of hydrazine groups is 1. The first-order valence-corrected chi connectivity index (χ1v) is 8.54. The second-order valence-electron chi connectivity index (χ2n) is 5.70. The summed E-state index contributed by atoms with van der Waals surface area (Å²) in [6.07, 6.45) is -2.53. The lowest BCUT2D eigenvalue weighted by molar-refractivity contribution is -0.141. The summed E-state index contributed by atoms with van der Waals surface area (Å²) in [5.74, 6) is -1.38. The molecule has 1 heterocycles. The maximum atomic E-state index is 12.0. The number of hydrogen-bond donors (Lipinski definition) is 10. The van der Waals surface area contributed by atoms with Gasteiger partial charge in [-0.3, -0.25) is 0 Å². The van der Waals surface area contributed by atoms with Gasteiger partial charge in [0, 0.05) is 6.42 Å². The van der Waals surface area contributed by atoms with Crippen molar-refractivity contribution in [1.82, 2.24) is 21.5 Å². The number of rotatable bonds is 9. The fraction of sp³-hybridized carbons (Fsp3) is 0.833. The van der Waals surface area contributed by atoms with Crippen molar-refractivity contribution in [3.8, 4) is 0 Å². The molecule has 0 aliphatic carbocycles. The van der Waals surface area contributed by atoms with E-state index < -0.39 is 47.8 Å². The van der Waals surface area contributed by atoms with Gasteiger partial charge in [-0.1, -0.05) is 0 Å². The van der Waals surface area contributed by atoms with E-state index in [0.717, 1.165) is 0 Å². The van der Waals surface area contributed by atoms with E-state index in [-0.39, 0.29) is 18.4 Å².